The van der Waals surface area contributed by atoms with Crippen LogP contribution in [0.5, 0.6) is 5.75 Å². The molecule has 1 heterocycles. The lowest BCUT2D eigenvalue weighted by Gasteiger charge is -2.18. The van der Waals surface area contributed by atoms with E-state index in [9.17, 15) is 4.79 Å². The largest absolute Gasteiger partial charge is 0.496 e. The van der Waals surface area contributed by atoms with Gasteiger partial charge in [0.2, 0.25) is 0 Å². The third-order valence-electron chi connectivity index (χ3n) is 2.95. The molecular formula is C15H17N3O2. The van der Waals surface area contributed by atoms with Crippen LogP contribution in [0.25, 0.3) is 0 Å². The highest BCUT2D eigenvalue weighted by Gasteiger charge is 2.14. The number of ether oxygens (including phenoxy) is 1. The van der Waals surface area contributed by atoms with Gasteiger partial charge in [0.25, 0.3) is 5.91 Å². The van der Waals surface area contributed by atoms with Gasteiger partial charge in [-0.3, -0.25) is 4.79 Å². The molecule has 0 saturated carbocycles. The molecule has 0 bridgehead atoms. The van der Waals surface area contributed by atoms with Crippen LogP contribution in [0.3, 0.4) is 0 Å². The number of carbonyl (C=O) groups excluding carboxylic acids is 1. The fourth-order valence-electron chi connectivity index (χ4n) is 1.89. The Labute approximate surface area is 118 Å². The molecular weight excluding hydrogens is 254 g/mol. The maximum atomic E-state index is 12.2. The summed E-state index contributed by atoms with van der Waals surface area (Å²) < 4.78 is 5.28. The second-order valence-electron chi connectivity index (χ2n) is 4.45. The van der Waals surface area contributed by atoms with Gasteiger partial charge in [0.05, 0.1) is 19.0 Å². The maximum absolute atomic E-state index is 12.2. The Kier molecular flexibility index (Phi) is 4.20. The average molecular weight is 271 g/mol. The third kappa shape index (κ3) is 3.06. The van der Waals surface area contributed by atoms with Crippen molar-refractivity contribution >= 4 is 11.6 Å². The zero-order valence-electron chi connectivity index (χ0n) is 11.5. The quantitative estimate of drug-likeness (QED) is 0.922. The Hall–Kier alpha value is -2.56. The fraction of sp³-hybridized carbons (Fsp3) is 0.200. The molecule has 0 aliphatic rings. The first-order valence-corrected chi connectivity index (χ1v) is 6.20. The maximum Gasteiger partial charge on any atom is 0.272 e. The van der Waals surface area contributed by atoms with Crippen molar-refractivity contribution in [3.8, 4) is 5.75 Å². The predicted molar refractivity (Wildman–Crippen MR) is 77.4 cm³/mol. The number of carbonyl (C=O) groups is 1. The molecule has 2 rings (SSSR count). The highest BCUT2D eigenvalue weighted by atomic mass is 16.5. The van der Waals surface area contributed by atoms with Crippen molar-refractivity contribution < 1.29 is 9.53 Å². The van der Waals surface area contributed by atoms with Crippen LogP contribution < -0.4 is 10.5 Å². The number of para-hydroxylation sites is 1. The summed E-state index contributed by atoms with van der Waals surface area (Å²) in [4.78, 5) is 17.9. The van der Waals surface area contributed by atoms with E-state index in [1.165, 1.54) is 6.20 Å². The summed E-state index contributed by atoms with van der Waals surface area (Å²) in [5.41, 5.74) is 7.41. The number of nitrogen functional groups attached to an aromatic ring is 1. The summed E-state index contributed by atoms with van der Waals surface area (Å²) >= 11 is 0. The SMILES string of the molecule is COc1ccccc1CN(C)C(=O)c1ccc(N)cn1. The topological polar surface area (TPSA) is 68.5 Å². The molecule has 0 unspecified atom stereocenters. The third-order valence-corrected chi connectivity index (χ3v) is 2.95. The zero-order chi connectivity index (χ0) is 14.5. The van der Waals surface area contributed by atoms with Crippen molar-refractivity contribution in [2.75, 3.05) is 19.9 Å². The van der Waals surface area contributed by atoms with E-state index in [4.69, 9.17) is 10.5 Å². The fourth-order valence-corrected chi connectivity index (χ4v) is 1.89. The van der Waals surface area contributed by atoms with Gasteiger partial charge in [-0.15, -0.1) is 0 Å². The Morgan fingerprint density at radius 3 is 2.70 bits per heavy atom. The van der Waals surface area contributed by atoms with Crippen LogP contribution in [0.1, 0.15) is 16.1 Å². The van der Waals surface area contributed by atoms with Gasteiger partial charge in [0, 0.05) is 19.2 Å². The van der Waals surface area contributed by atoms with E-state index in [0.29, 0.717) is 17.9 Å². The van der Waals surface area contributed by atoms with Crippen molar-refractivity contribution in [3.05, 3.63) is 53.9 Å². The highest BCUT2D eigenvalue weighted by molar-refractivity contribution is 5.92. The Morgan fingerprint density at radius 1 is 1.30 bits per heavy atom. The van der Waals surface area contributed by atoms with Crippen molar-refractivity contribution in [1.82, 2.24) is 9.88 Å². The van der Waals surface area contributed by atoms with E-state index < -0.39 is 0 Å². The summed E-state index contributed by atoms with van der Waals surface area (Å²) in [7, 11) is 3.34. The minimum absolute atomic E-state index is 0.157. The minimum Gasteiger partial charge on any atom is -0.496 e. The number of anilines is 1. The number of rotatable bonds is 4. The highest BCUT2D eigenvalue weighted by Crippen LogP contribution is 2.19. The second-order valence-corrected chi connectivity index (χ2v) is 4.45. The average Bonchev–Trinajstić information content (AvgIpc) is 2.48. The van der Waals surface area contributed by atoms with Gasteiger partial charge in [-0.1, -0.05) is 18.2 Å². The number of amides is 1. The Bertz CT molecular complexity index is 596. The van der Waals surface area contributed by atoms with E-state index in [0.717, 1.165) is 11.3 Å². The van der Waals surface area contributed by atoms with Gasteiger partial charge in [0.1, 0.15) is 11.4 Å². The van der Waals surface area contributed by atoms with E-state index in [2.05, 4.69) is 4.98 Å². The monoisotopic (exact) mass is 271 g/mol. The molecule has 2 aromatic rings. The van der Waals surface area contributed by atoms with Crippen LogP contribution in [0.2, 0.25) is 0 Å². The summed E-state index contributed by atoms with van der Waals surface area (Å²) in [6, 6.07) is 10.9. The molecule has 104 valence electrons. The first kappa shape index (κ1) is 13.9. The number of benzene rings is 1. The number of hydrogen-bond donors (Lipinski definition) is 1. The van der Waals surface area contributed by atoms with Crippen LogP contribution in [0.15, 0.2) is 42.6 Å². The molecule has 1 aromatic carbocycles. The molecule has 0 spiro atoms. The Balaban J connectivity index is 2.13. The molecule has 0 radical (unpaired) electrons. The van der Waals surface area contributed by atoms with Crippen molar-refractivity contribution in [2.24, 2.45) is 0 Å². The molecule has 0 aliphatic heterocycles. The molecule has 20 heavy (non-hydrogen) atoms. The van der Waals surface area contributed by atoms with Gasteiger partial charge in [0.15, 0.2) is 0 Å². The van der Waals surface area contributed by atoms with Crippen molar-refractivity contribution in [2.45, 2.75) is 6.54 Å². The van der Waals surface area contributed by atoms with E-state index in [1.807, 2.05) is 24.3 Å². The molecule has 0 fully saturated rings. The van der Waals surface area contributed by atoms with Crippen LogP contribution in [0.4, 0.5) is 5.69 Å². The van der Waals surface area contributed by atoms with E-state index in [-0.39, 0.29) is 5.91 Å². The second kappa shape index (κ2) is 6.06. The van der Waals surface area contributed by atoms with Crippen LogP contribution in [-0.2, 0) is 6.54 Å². The standard InChI is InChI=1S/C15H17N3O2/c1-18(10-11-5-3-4-6-14(11)20-2)15(19)13-8-7-12(16)9-17-13/h3-9H,10,16H2,1-2H3. The predicted octanol–water partition coefficient (Wildman–Crippen LogP) is 1.94. The summed E-state index contributed by atoms with van der Waals surface area (Å²) in [6.07, 6.45) is 1.48. The normalized spacial score (nSPS) is 10.1. The van der Waals surface area contributed by atoms with E-state index >= 15 is 0 Å². The molecule has 2 N–H and O–H groups in total. The van der Waals surface area contributed by atoms with Crippen LogP contribution in [0, 0.1) is 0 Å². The molecule has 0 atom stereocenters. The zero-order valence-corrected chi connectivity index (χ0v) is 11.5. The van der Waals surface area contributed by atoms with E-state index in [1.54, 1.807) is 31.2 Å². The number of hydrogen-bond acceptors (Lipinski definition) is 4. The molecule has 5 heteroatoms. The first-order valence-electron chi connectivity index (χ1n) is 6.20. The van der Waals surface area contributed by atoms with Gasteiger partial charge >= 0.3 is 0 Å². The van der Waals surface area contributed by atoms with Gasteiger partial charge in [-0.2, -0.15) is 0 Å². The van der Waals surface area contributed by atoms with Crippen LogP contribution >= 0.6 is 0 Å². The lowest BCUT2D eigenvalue weighted by Crippen LogP contribution is -2.27. The molecule has 1 aromatic heterocycles. The van der Waals surface area contributed by atoms with Crippen molar-refractivity contribution in [1.29, 1.82) is 0 Å². The molecule has 0 saturated heterocycles. The van der Waals surface area contributed by atoms with Crippen molar-refractivity contribution in [3.63, 3.8) is 0 Å². The number of nitrogens with zero attached hydrogens (tertiary/aromatic N) is 2. The lowest BCUT2D eigenvalue weighted by molar-refractivity contribution is 0.0778. The first-order chi connectivity index (χ1) is 9.61. The molecule has 5 nitrogen and oxygen atoms in total. The number of methoxy groups -OCH3 is 1. The minimum atomic E-state index is -0.157. The van der Waals surface area contributed by atoms with Gasteiger partial charge in [-0.25, -0.2) is 4.98 Å². The smallest absolute Gasteiger partial charge is 0.272 e. The molecule has 1 amide bonds. The Morgan fingerprint density at radius 2 is 2.05 bits per heavy atom. The number of pyridine rings is 1. The number of aromatic nitrogens is 1. The van der Waals surface area contributed by atoms with Crippen LogP contribution in [-0.4, -0.2) is 29.9 Å². The molecule has 0 aliphatic carbocycles. The van der Waals surface area contributed by atoms with Gasteiger partial charge in [-0.05, 0) is 18.2 Å². The summed E-state index contributed by atoms with van der Waals surface area (Å²) in [5, 5.41) is 0. The van der Waals surface area contributed by atoms with Gasteiger partial charge < -0.3 is 15.4 Å². The lowest BCUT2D eigenvalue weighted by atomic mass is 10.2. The summed E-state index contributed by atoms with van der Waals surface area (Å²) in [5.74, 6) is 0.605. The number of nitrogens with two attached hydrogens (primary N) is 1. The summed E-state index contributed by atoms with van der Waals surface area (Å²) in [6.45, 7) is 0.453.